The molecule has 2 aromatic rings. The predicted molar refractivity (Wildman–Crippen MR) is 106 cm³/mol. The Kier molecular flexibility index (Phi) is 4.80. The van der Waals surface area contributed by atoms with E-state index in [0.717, 1.165) is 61.5 Å². The van der Waals surface area contributed by atoms with Crippen LogP contribution in [0.15, 0.2) is 4.79 Å². The van der Waals surface area contributed by atoms with Crippen molar-refractivity contribution in [3.8, 4) is 0 Å². The zero-order valence-electron chi connectivity index (χ0n) is 15.9. The van der Waals surface area contributed by atoms with E-state index in [-0.39, 0.29) is 17.4 Å². The molecule has 0 N–H and O–H groups in total. The number of nitrogens with zero attached hydrogens (tertiary/aromatic N) is 5. The number of aryl methyl sites for hydroxylation is 1. The number of hydrogen-bond acceptors (Lipinski definition) is 7. The molecule has 1 aliphatic carbocycles. The highest BCUT2D eigenvalue weighted by Crippen LogP contribution is 2.29. The molecule has 150 valence electrons. The zero-order chi connectivity index (χ0) is 19.1. The van der Waals surface area contributed by atoms with Crippen molar-refractivity contribution in [2.45, 2.75) is 38.5 Å². The molecule has 4 heterocycles. The molecule has 3 aliphatic rings. The van der Waals surface area contributed by atoms with E-state index in [2.05, 4.69) is 10.00 Å². The van der Waals surface area contributed by atoms with E-state index in [9.17, 15) is 9.59 Å². The summed E-state index contributed by atoms with van der Waals surface area (Å²) in [6.45, 7) is 4.13. The Bertz CT molecular complexity index is 949. The van der Waals surface area contributed by atoms with Crippen molar-refractivity contribution in [3.05, 3.63) is 21.6 Å². The van der Waals surface area contributed by atoms with E-state index in [1.54, 1.807) is 0 Å². The fourth-order valence-electron chi connectivity index (χ4n) is 4.48. The molecule has 2 aliphatic heterocycles. The number of fused-ring (bicyclic) bond motifs is 2. The molecule has 2 saturated heterocycles. The van der Waals surface area contributed by atoms with Crippen molar-refractivity contribution in [1.29, 1.82) is 0 Å². The van der Waals surface area contributed by atoms with Crippen LogP contribution in [-0.4, -0.2) is 64.8 Å². The van der Waals surface area contributed by atoms with Gasteiger partial charge in [0.15, 0.2) is 0 Å². The monoisotopic (exact) mass is 403 g/mol. The molecule has 28 heavy (non-hydrogen) atoms. The Morgan fingerprint density at radius 2 is 1.93 bits per heavy atom. The number of carbonyl (C=O) groups excluding carboxylic acids is 1. The Morgan fingerprint density at radius 1 is 1.11 bits per heavy atom. The van der Waals surface area contributed by atoms with Gasteiger partial charge in [0.2, 0.25) is 16.0 Å². The molecule has 0 aromatic carbocycles. The minimum atomic E-state index is -0.0169. The molecule has 1 atom stereocenters. The summed E-state index contributed by atoms with van der Waals surface area (Å²) in [6.07, 6.45) is 5.69. The Labute approximate surface area is 167 Å². The summed E-state index contributed by atoms with van der Waals surface area (Å²) < 4.78 is 6.83. The van der Waals surface area contributed by atoms with Gasteiger partial charge in [0, 0.05) is 31.7 Å². The summed E-state index contributed by atoms with van der Waals surface area (Å²) in [7, 11) is 0. The molecule has 8 nitrogen and oxygen atoms in total. The molecule has 5 rings (SSSR count). The van der Waals surface area contributed by atoms with Crippen molar-refractivity contribution in [2.75, 3.05) is 44.3 Å². The Morgan fingerprint density at radius 3 is 2.79 bits per heavy atom. The second-order valence-corrected chi connectivity index (χ2v) is 8.79. The van der Waals surface area contributed by atoms with Crippen molar-refractivity contribution in [2.24, 2.45) is 5.92 Å². The average molecular weight is 404 g/mol. The number of hydrogen-bond donors (Lipinski definition) is 0. The van der Waals surface area contributed by atoms with Crippen LogP contribution in [-0.2, 0) is 22.4 Å². The van der Waals surface area contributed by atoms with Gasteiger partial charge in [-0.1, -0.05) is 11.3 Å². The lowest BCUT2D eigenvalue weighted by Crippen LogP contribution is -2.48. The minimum absolute atomic E-state index is 0.0137. The van der Waals surface area contributed by atoms with Gasteiger partial charge >= 0.3 is 0 Å². The quantitative estimate of drug-likeness (QED) is 0.747. The van der Waals surface area contributed by atoms with Crippen LogP contribution in [0.5, 0.6) is 0 Å². The maximum Gasteiger partial charge on any atom is 0.278 e. The van der Waals surface area contributed by atoms with Gasteiger partial charge in [-0.15, -0.1) is 5.10 Å². The number of carbonyl (C=O) groups is 1. The molecular formula is C19H25N5O3S. The van der Waals surface area contributed by atoms with Gasteiger partial charge < -0.3 is 14.5 Å². The summed E-state index contributed by atoms with van der Waals surface area (Å²) in [5, 5.41) is 5.39. The fourth-order valence-corrected chi connectivity index (χ4v) is 5.43. The Hall–Kier alpha value is -2.00. The average Bonchev–Trinajstić information content (AvgIpc) is 3.19. The van der Waals surface area contributed by atoms with E-state index < -0.39 is 0 Å². The summed E-state index contributed by atoms with van der Waals surface area (Å²) in [4.78, 5) is 35.2. The summed E-state index contributed by atoms with van der Waals surface area (Å²) in [6, 6.07) is 0. The van der Waals surface area contributed by atoms with Gasteiger partial charge in [-0.3, -0.25) is 9.59 Å². The molecule has 1 amide bonds. The van der Waals surface area contributed by atoms with Crippen LogP contribution < -0.4 is 10.5 Å². The van der Waals surface area contributed by atoms with E-state index in [1.165, 1.54) is 15.9 Å². The lowest BCUT2D eigenvalue weighted by Gasteiger charge is -2.35. The first-order valence-corrected chi connectivity index (χ1v) is 11.1. The van der Waals surface area contributed by atoms with Crippen molar-refractivity contribution in [3.63, 3.8) is 0 Å². The van der Waals surface area contributed by atoms with Crippen molar-refractivity contribution >= 4 is 27.3 Å². The summed E-state index contributed by atoms with van der Waals surface area (Å²) in [5.74, 6) is 0.205. The van der Waals surface area contributed by atoms with Gasteiger partial charge in [-0.25, -0.2) is 4.98 Å². The molecule has 0 spiro atoms. The number of aromatic nitrogens is 3. The highest BCUT2D eigenvalue weighted by Gasteiger charge is 2.31. The first-order valence-electron chi connectivity index (χ1n) is 10.2. The normalized spacial score (nSPS) is 23.1. The second kappa shape index (κ2) is 7.44. The van der Waals surface area contributed by atoms with E-state index in [0.29, 0.717) is 37.8 Å². The van der Waals surface area contributed by atoms with Crippen LogP contribution >= 0.6 is 11.3 Å². The highest BCUT2D eigenvalue weighted by atomic mass is 32.1. The molecule has 2 aromatic heterocycles. The van der Waals surface area contributed by atoms with Crippen LogP contribution in [0, 0.1) is 5.92 Å². The van der Waals surface area contributed by atoms with Gasteiger partial charge in [0.25, 0.3) is 5.56 Å². The van der Waals surface area contributed by atoms with Gasteiger partial charge in [0.1, 0.15) is 0 Å². The molecule has 0 saturated carbocycles. The van der Waals surface area contributed by atoms with E-state index in [1.807, 2.05) is 4.90 Å². The van der Waals surface area contributed by atoms with Crippen LogP contribution in [0.2, 0.25) is 0 Å². The smallest absolute Gasteiger partial charge is 0.278 e. The largest absolute Gasteiger partial charge is 0.378 e. The van der Waals surface area contributed by atoms with Crippen LogP contribution in [0.4, 0.5) is 5.13 Å². The van der Waals surface area contributed by atoms with Gasteiger partial charge in [-0.05, 0) is 38.5 Å². The van der Waals surface area contributed by atoms with E-state index >= 15 is 0 Å². The predicted octanol–water partition coefficient (Wildman–Crippen LogP) is 1.11. The van der Waals surface area contributed by atoms with Crippen molar-refractivity contribution in [1.82, 2.24) is 19.5 Å². The molecule has 9 heteroatoms. The standard InChI is InChI=1S/C19H25N5O3S/c25-16(22-8-10-27-11-9-22)13-4-3-7-23(12-13)19-21-24-17(26)14-5-1-2-6-15(14)20-18(24)28-19/h13H,1-12H2. The number of amides is 1. The number of morpholine rings is 1. The fraction of sp³-hybridized carbons (Fsp3) is 0.684. The molecule has 0 bridgehead atoms. The first-order chi connectivity index (χ1) is 13.7. The third-order valence-electron chi connectivity index (χ3n) is 6.03. The topological polar surface area (TPSA) is 80.0 Å². The number of piperidine rings is 1. The SMILES string of the molecule is O=C(C1CCCN(c2nn3c(=O)c4c(nc3s2)CCCC4)C1)N1CCOCC1. The van der Waals surface area contributed by atoms with Gasteiger partial charge in [0.05, 0.1) is 24.8 Å². The molecule has 2 fully saturated rings. The summed E-state index contributed by atoms with van der Waals surface area (Å²) in [5.41, 5.74) is 1.77. The minimum Gasteiger partial charge on any atom is -0.378 e. The van der Waals surface area contributed by atoms with E-state index in [4.69, 9.17) is 9.72 Å². The zero-order valence-corrected chi connectivity index (χ0v) is 16.7. The summed E-state index contributed by atoms with van der Waals surface area (Å²) >= 11 is 1.46. The van der Waals surface area contributed by atoms with Crippen LogP contribution in [0.25, 0.3) is 4.96 Å². The van der Waals surface area contributed by atoms with Gasteiger partial charge in [-0.2, -0.15) is 4.52 Å². The Balaban J connectivity index is 1.39. The molecular weight excluding hydrogens is 378 g/mol. The molecule has 0 radical (unpaired) electrons. The third kappa shape index (κ3) is 3.20. The van der Waals surface area contributed by atoms with Crippen LogP contribution in [0.3, 0.4) is 0 Å². The maximum absolute atomic E-state index is 12.9. The first kappa shape index (κ1) is 18.1. The maximum atomic E-state index is 12.9. The molecule has 1 unspecified atom stereocenters. The second-order valence-electron chi connectivity index (χ2n) is 7.85. The highest BCUT2D eigenvalue weighted by molar-refractivity contribution is 7.20. The number of ether oxygens (including phenoxy) is 1. The van der Waals surface area contributed by atoms with Crippen LogP contribution in [0.1, 0.15) is 36.9 Å². The van der Waals surface area contributed by atoms with Crippen molar-refractivity contribution < 1.29 is 9.53 Å². The number of anilines is 1. The third-order valence-corrected chi connectivity index (χ3v) is 7.00. The lowest BCUT2D eigenvalue weighted by molar-refractivity contribution is -0.139. The lowest BCUT2D eigenvalue weighted by atomic mass is 9.96. The number of rotatable bonds is 2.